The Labute approximate surface area is 119 Å². The first-order valence-electron chi connectivity index (χ1n) is 6.47. The van der Waals surface area contributed by atoms with E-state index < -0.39 is 11.2 Å². The second kappa shape index (κ2) is 6.80. The highest BCUT2D eigenvalue weighted by molar-refractivity contribution is 5.76. The van der Waals surface area contributed by atoms with Crippen LogP contribution in [0, 0.1) is 0 Å². The molecular formula is C13H16N4O4. The molecule has 0 aromatic carbocycles. The maximum absolute atomic E-state index is 12.2. The van der Waals surface area contributed by atoms with Crippen molar-refractivity contribution in [1.82, 2.24) is 19.9 Å². The minimum absolute atomic E-state index is 0.0950. The summed E-state index contributed by atoms with van der Waals surface area (Å²) in [6, 6.07) is 3.22. The molecule has 2 rings (SSSR count). The fraction of sp³-hybridized carbons (Fsp3) is 0.385. The molecule has 0 fully saturated rings. The van der Waals surface area contributed by atoms with Gasteiger partial charge in [-0.2, -0.15) is 0 Å². The van der Waals surface area contributed by atoms with Gasteiger partial charge in [-0.1, -0.05) is 0 Å². The molecule has 0 bridgehead atoms. The van der Waals surface area contributed by atoms with Crippen LogP contribution < -0.4 is 16.6 Å². The molecule has 8 nitrogen and oxygen atoms in total. The van der Waals surface area contributed by atoms with Crippen LogP contribution in [0.25, 0.3) is 11.0 Å². The molecule has 21 heavy (non-hydrogen) atoms. The summed E-state index contributed by atoms with van der Waals surface area (Å²) in [7, 11) is 1.51. The number of amides is 1. The van der Waals surface area contributed by atoms with Crippen LogP contribution in [-0.4, -0.2) is 40.7 Å². The third-order valence-electron chi connectivity index (χ3n) is 2.94. The highest BCUT2D eigenvalue weighted by atomic mass is 16.5. The van der Waals surface area contributed by atoms with E-state index in [4.69, 9.17) is 4.74 Å². The number of nitrogens with zero attached hydrogens (tertiary/aromatic N) is 2. The molecule has 0 aliphatic heterocycles. The van der Waals surface area contributed by atoms with Gasteiger partial charge in [-0.3, -0.25) is 19.1 Å². The van der Waals surface area contributed by atoms with Crippen molar-refractivity contribution in [3.05, 3.63) is 39.2 Å². The van der Waals surface area contributed by atoms with Crippen molar-refractivity contribution in [2.24, 2.45) is 0 Å². The number of methoxy groups -OCH3 is 1. The third kappa shape index (κ3) is 3.54. The Morgan fingerprint density at radius 3 is 3.05 bits per heavy atom. The predicted octanol–water partition coefficient (Wildman–Crippen LogP) is -0.762. The summed E-state index contributed by atoms with van der Waals surface area (Å²) in [6.07, 6.45) is 1.74. The largest absolute Gasteiger partial charge is 0.384 e. The molecule has 2 heterocycles. The molecule has 2 N–H and O–H groups in total. The Kier molecular flexibility index (Phi) is 4.83. The van der Waals surface area contributed by atoms with E-state index in [-0.39, 0.29) is 31.1 Å². The average Bonchev–Trinajstić information content (AvgIpc) is 2.48. The first-order chi connectivity index (χ1) is 10.1. The van der Waals surface area contributed by atoms with Gasteiger partial charge in [-0.05, 0) is 12.1 Å². The molecule has 0 aliphatic carbocycles. The van der Waals surface area contributed by atoms with Crippen LogP contribution in [0.4, 0.5) is 0 Å². The Morgan fingerprint density at radius 1 is 1.48 bits per heavy atom. The lowest BCUT2D eigenvalue weighted by atomic mass is 10.3. The summed E-state index contributed by atoms with van der Waals surface area (Å²) >= 11 is 0. The van der Waals surface area contributed by atoms with Gasteiger partial charge in [-0.25, -0.2) is 9.78 Å². The molecule has 0 unspecified atom stereocenters. The lowest BCUT2D eigenvalue weighted by Crippen LogP contribution is -2.39. The molecule has 0 saturated heterocycles. The van der Waals surface area contributed by atoms with Crippen LogP contribution in [0.15, 0.2) is 27.9 Å². The number of fused-ring (bicyclic) bond motifs is 1. The van der Waals surface area contributed by atoms with Gasteiger partial charge in [0.25, 0.3) is 5.56 Å². The van der Waals surface area contributed by atoms with Crippen LogP contribution in [-0.2, 0) is 16.1 Å². The molecule has 0 atom stereocenters. The number of hydrogen-bond donors (Lipinski definition) is 2. The van der Waals surface area contributed by atoms with Crippen molar-refractivity contribution in [3.63, 3.8) is 0 Å². The van der Waals surface area contributed by atoms with Crippen LogP contribution in [0.2, 0.25) is 0 Å². The minimum atomic E-state index is -0.544. The molecule has 0 saturated carbocycles. The van der Waals surface area contributed by atoms with Crippen LogP contribution in [0.1, 0.15) is 6.42 Å². The van der Waals surface area contributed by atoms with E-state index in [0.717, 1.165) is 4.57 Å². The molecule has 0 spiro atoms. The lowest BCUT2D eigenvalue weighted by molar-refractivity contribution is -0.121. The highest BCUT2D eigenvalue weighted by Gasteiger charge is 2.08. The number of nitrogens with one attached hydrogen (secondary N) is 2. The number of rotatable bonds is 6. The summed E-state index contributed by atoms with van der Waals surface area (Å²) in [5, 5.41) is 2.96. The van der Waals surface area contributed by atoms with Crippen molar-refractivity contribution in [3.8, 4) is 0 Å². The minimum Gasteiger partial charge on any atom is -0.384 e. The van der Waals surface area contributed by atoms with E-state index in [0.29, 0.717) is 12.0 Å². The molecule has 0 aliphatic rings. The van der Waals surface area contributed by atoms with Gasteiger partial charge in [0.2, 0.25) is 5.91 Å². The summed E-state index contributed by atoms with van der Waals surface area (Å²) < 4.78 is 5.83. The quantitative estimate of drug-likeness (QED) is 0.727. The first kappa shape index (κ1) is 14.9. The Hall–Kier alpha value is -2.48. The molecule has 1 amide bonds. The van der Waals surface area contributed by atoms with Crippen molar-refractivity contribution in [2.75, 3.05) is 20.3 Å². The molecular weight excluding hydrogens is 276 g/mol. The summed E-state index contributed by atoms with van der Waals surface area (Å²) in [5.74, 6) is -0.191. The Morgan fingerprint density at radius 2 is 2.29 bits per heavy atom. The Bertz CT molecular complexity index is 750. The van der Waals surface area contributed by atoms with Gasteiger partial charge in [0.05, 0.1) is 12.0 Å². The maximum Gasteiger partial charge on any atom is 0.330 e. The normalized spacial score (nSPS) is 10.7. The monoisotopic (exact) mass is 292 g/mol. The fourth-order valence-electron chi connectivity index (χ4n) is 1.88. The van der Waals surface area contributed by atoms with E-state index in [2.05, 4.69) is 15.3 Å². The molecule has 112 valence electrons. The topological polar surface area (TPSA) is 106 Å². The van der Waals surface area contributed by atoms with Crippen LogP contribution >= 0.6 is 0 Å². The van der Waals surface area contributed by atoms with E-state index in [1.807, 2.05) is 0 Å². The van der Waals surface area contributed by atoms with Crippen molar-refractivity contribution < 1.29 is 9.53 Å². The second-order valence-electron chi connectivity index (χ2n) is 4.38. The maximum atomic E-state index is 12.2. The number of aromatic nitrogens is 3. The van der Waals surface area contributed by atoms with Crippen LogP contribution in [0.3, 0.4) is 0 Å². The standard InChI is InChI=1S/C13H16N4O4/c1-21-8-4-10(18)14-6-7-17-12(19)9-3-2-5-15-11(9)16-13(17)20/h2-3,5H,4,6-8H2,1H3,(H,14,18)(H,15,16,20). The zero-order valence-corrected chi connectivity index (χ0v) is 11.6. The van der Waals surface area contributed by atoms with Crippen LogP contribution in [0.5, 0.6) is 0 Å². The number of carbonyl (C=O) groups excluding carboxylic acids is 1. The number of hydrogen-bond acceptors (Lipinski definition) is 5. The van der Waals surface area contributed by atoms with Gasteiger partial charge >= 0.3 is 5.69 Å². The number of aromatic amines is 1. The van der Waals surface area contributed by atoms with Gasteiger partial charge in [0.15, 0.2) is 0 Å². The zero-order valence-electron chi connectivity index (χ0n) is 11.6. The molecule has 8 heteroatoms. The number of H-pyrrole nitrogens is 1. The second-order valence-corrected chi connectivity index (χ2v) is 4.38. The molecule has 2 aromatic rings. The Balaban J connectivity index is 2.11. The SMILES string of the molecule is COCCC(=O)NCCn1c(=O)[nH]c2ncccc2c1=O. The van der Waals surface area contributed by atoms with E-state index >= 15 is 0 Å². The highest BCUT2D eigenvalue weighted by Crippen LogP contribution is 1.98. The van der Waals surface area contributed by atoms with Gasteiger partial charge in [0, 0.05) is 32.8 Å². The summed E-state index contributed by atoms with van der Waals surface area (Å²) in [5.41, 5.74) is -0.710. The lowest BCUT2D eigenvalue weighted by Gasteiger charge is -2.07. The third-order valence-corrected chi connectivity index (χ3v) is 2.94. The fourth-order valence-corrected chi connectivity index (χ4v) is 1.88. The summed E-state index contributed by atoms with van der Waals surface area (Å²) in [4.78, 5) is 41.9. The van der Waals surface area contributed by atoms with E-state index in [1.54, 1.807) is 12.1 Å². The summed E-state index contributed by atoms with van der Waals surface area (Å²) in [6.45, 7) is 0.614. The number of ether oxygens (including phenoxy) is 1. The predicted molar refractivity (Wildman–Crippen MR) is 76.1 cm³/mol. The average molecular weight is 292 g/mol. The van der Waals surface area contributed by atoms with Gasteiger partial charge in [-0.15, -0.1) is 0 Å². The van der Waals surface area contributed by atoms with Gasteiger partial charge < -0.3 is 10.1 Å². The van der Waals surface area contributed by atoms with E-state index in [9.17, 15) is 14.4 Å². The zero-order chi connectivity index (χ0) is 15.2. The van der Waals surface area contributed by atoms with Gasteiger partial charge in [0.1, 0.15) is 5.65 Å². The smallest absolute Gasteiger partial charge is 0.330 e. The first-order valence-corrected chi connectivity index (χ1v) is 6.47. The number of carbonyl (C=O) groups is 1. The molecule has 0 radical (unpaired) electrons. The van der Waals surface area contributed by atoms with Crippen molar-refractivity contribution in [2.45, 2.75) is 13.0 Å². The number of pyridine rings is 1. The van der Waals surface area contributed by atoms with Crippen molar-refractivity contribution >= 4 is 16.9 Å². The van der Waals surface area contributed by atoms with E-state index in [1.165, 1.54) is 13.3 Å². The molecule has 2 aromatic heterocycles. The van der Waals surface area contributed by atoms with Crippen molar-refractivity contribution in [1.29, 1.82) is 0 Å².